The van der Waals surface area contributed by atoms with Crippen LogP contribution in [-0.4, -0.2) is 44.8 Å². The molecule has 0 amide bonds. The van der Waals surface area contributed by atoms with Crippen LogP contribution < -0.4 is 5.32 Å². The van der Waals surface area contributed by atoms with Gasteiger partial charge in [0.25, 0.3) is 0 Å². The molecule has 3 heteroatoms. The van der Waals surface area contributed by atoms with Gasteiger partial charge in [0.15, 0.2) is 0 Å². The first kappa shape index (κ1) is 13.8. The molecule has 0 spiro atoms. The minimum Gasteiger partial charge on any atom is -0.380 e. The normalized spacial score (nSPS) is 23.2. The maximum absolute atomic E-state index is 5.21. The number of fused-ring (bicyclic) bond motifs is 1. The minimum atomic E-state index is 0.484. The Bertz CT molecular complexity index is 484. The van der Waals surface area contributed by atoms with Gasteiger partial charge in [-0.25, -0.2) is 0 Å². The highest BCUT2D eigenvalue weighted by atomic mass is 16.5. The smallest absolute Gasteiger partial charge is 0.0673 e. The van der Waals surface area contributed by atoms with Gasteiger partial charge < -0.3 is 10.1 Å². The van der Waals surface area contributed by atoms with E-state index >= 15 is 0 Å². The molecule has 1 aromatic rings. The average Bonchev–Trinajstić information content (AvgIpc) is 2.50. The lowest BCUT2D eigenvalue weighted by atomic mass is 9.93. The molecular weight excluding hydrogens is 248 g/mol. The Kier molecular flexibility index (Phi) is 4.51. The van der Waals surface area contributed by atoms with Crippen molar-refractivity contribution < 1.29 is 4.74 Å². The first-order chi connectivity index (χ1) is 9.86. The fourth-order valence-corrected chi connectivity index (χ4v) is 3.25. The third-order valence-electron chi connectivity index (χ3n) is 4.37. The molecule has 1 unspecified atom stereocenters. The second kappa shape index (κ2) is 6.53. The SMILES string of the molecule is COCC1=CCN(CC2NCCc3ccccc32)CC1. The minimum absolute atomic E-state index is 0.484. The van der Waals surface area contributed by atoms with E-state index in [1.807, 2.05) is 0 Å². The number of rotatable bonds is 4. The average molecular weight is 272 g/mol. The van der Waals surface area contributed by atoms with Gasteiger partial charge in [0.05, 0.1) is 6.61 Å². The van der Waals surface area contributed by atoms with Gasteiger partial charge in [-0.05, 0) is 36.1 Å². The molecule has 3 nitrogen and oxygen atoms in total. The topological polar surface area (TPSA) is 24.5 Å². The summed E-state index contributed by atoms with van der Waals surface area (Å²) in [6, 6.07) is 9.35. The third-order valence-corrected chi connectivity index (χ3v) is 4.37. The van der Waals surface area contributed by atoms with E-state index in [1.165, 1.54) is 16.7 Å². The zero-order chi connectivity index (χ0) is 13.8. The van der Waals surface area contributed by atoms with Crippen LogP contribution in [0, 0.1) is 0 Å². The third kappa shape index (κ3) is 3.11. The molecule has 0 aliphatic carbocycles. The molecule has 0 radical (unpaired) electrons. The van der Waals surface area contributed by atoms with Crippen LogP contribution in [0.4, 0.5) is 0 Å². The van der Waals surface area contributed by atoms with Crippen LogP contribution >= 0.6 is 0 Å². The van der Waals surface area contributed by atoms with Crippen molar-refractivity contribution in [2.45, 2.75) is 18.9 Å². The second-order valence-electron chi connectivity index (χ2n) is 5.76. The molecule has 2 aliphatic heterocycles. The van der Waals surface area contributed by atoms with Gasteiger partial charge in [0, 0.05) is 32.8 Å². The van der Waals surface area contributed by atoms with Gasteiger partial charge in [-0.2, -0.15) is 0 Å². The molecule has 1 atom stereocenters. The molecule has 1 aromatic carbocycles. The van der Waals surface area contributed by atoms with Crippen molar-refractivity contribution in [1.29, 1.82) is 0 Å². The molecule has 2 aliphatic rings. The van der Waals surface area contributed by atoms with Crippen LogP contribution in [0.25, 0.3) is 0 Å². The molecule has 2 heterocycles. The predicted octanol–water partition coefficient (Wildman–Crippen LogP) is 2.15. The van der Waals surface area contributed by atoms with Crippen molar-refractivity contribution in [2.75, 3.05) is 39.9 Å². The molecular formula is C17H24N2O. The molecule has 108 valence electrons. The molecule has 1 N–H and O–H groups in total. The van der Waals surface area contributed by atoms with E-state index in [9.17, 15) is 0 Å². The summed E-state index contributed by atoms with van der Waals surface area (Å²) in [5, 5.41) is 3.67. The Morgan fingerprint density at radius 2 is 2.20 bits per heavy atom. The van der Waals surface area contributed by atoms with Gasteiger partial charge in [0.1, 0.15) is 0 Å². The van der Waals surface area contributed by atoms with Gasteiger partial charge in [-0.15, -0.1) is 0 Å². The molecule has 0 bridgehead atoms. The van der Waals surface area contributed by atoms with Gasteiger partial charge >= 0.3 is 0 Å². The fourth-order valence-electron chi connectivity index (χ4n) is 3.25. The van der Waals surface area contributed by atoms with Crippen molar-refractivity contribution in [3.8, 4) is 0 Å². The summed E-state index contributed by atoms with van der Waals surface area (Å²) in [4.78, 5) is 2.54. The van der Waals surface area contributed by atoms with E-state index in [0.29, 0.717) is 6.04 Å². The van der Waals surface area contributed by atoms with E-state index in [2.05, 4.69) is 40.6 Å². The van der Waals surface area contributed by atoms with Crippen LogP contribution in [0.15, 0.2) is 35.9 Å². The highest BCUT2D eigenvalue weighted by molar-refractivity contribution is 5.32. The number of hydrogen-bond donors (Lipinski definition) is 1. The first-order valence-corrected chi connectivity index (χ1v) is 7.57. The number of methoxy groups -OCH3 is 1. The molecule has 0 saturated carbocycles. The number of nitrogens with one attached hydrogen (secondary N) is 1. The van der Waals surface area contributed by atoms with E-state index < -0.39 is 0 Å². The van der Waals surface area contributed by atoms with Crippen molar-refractivity contribution in [1.82, 2.24) is 10.2 Å². The molecule has 20 heavy (non-hydrogen) atoms. The van der Waals surface area contributed by atoms with Gasteiger partial charge in [-0.1, -0.05) is 30.3 Å². The lowest BCUT2D eigenvalue weighted by Gasteiger charge is -2.33. The predicted molar refractivity (Wildman–Crippen MR) is 81.9 cm³/mol. The second-order valence-corrected chi connectivity index (χ2v) is 5.76. The maximum atomic E-state index is 5.21. The van der Waals surface area contributed by atoms with Crippen LogP contribution in [0.2, 0.25) is 0 Å². The Balaban J connectivity index is 1.63. The summed E-state index contributed by atoms with van der Waals surface area (Å²) < 4.78 is 5.21. The summed E-state index contributed by atoms with van der Waals surface area (Å²) >= 11 is 0. The van der Waals surface area contributed by atoms with E-state index in [1.54, 1.807) is 7.11 Å². The van der Waals surface area contributed by atoms with E-state index in [0.717, 1.165) is 45.6 Å². The molecule has 0 saturated heterocycles. The Morgan fingerprint density at radius 1 is 1.30 bits per heavy atom. The van der Waals surface area contributed by atoms with E-state index in [4.69, 9.17) is 4.74 Å². The lowest BCUT2D eigenvalue weighted by molar-refractivity contribution is 0.206. The van der Waals surface area contributed by atoms with Crippen LogP contribution in [0.5, 0.6) is 0 Å². The molecule has 3 rings (SSSR count). The van der Waals surface area contributed by atoms with Gasteiger partial charge in [0.2, 0.25) is 0 Å². The summed E-state index contributed by atoms with van der Waals surface area (Å²) in [5.74, 6) is 0. The maximum Gasteiger partial charge on any atom is 0.0673 e. The van der Waals surface area contributed by atoms with Gasteiger partial charge in [-0.3, -0.25) is 4.90 Å². The zero-order valence-electron chi connectivity index (χ0n) is 12.3. The number of benzene rings is 1. The Labute approximate surface area is 121 Å². The molecule has 0 aromatic heterocycles. The fraction of sp³-hybridized carbons (Fsp3) is 0.529. The summed E-state index contributed by atoms with van der Waals surface area (Å²) in [7, 11) is 1.77. The summed E-state index contributed by atoms with van der Waals surface area (Å²) in [5.41, 5.74) is 4.45. The largest absolute Gasteiger partial charge is 0.380 e. The van der Waals surface area contributed by atoms with Crippen molar-refractivity contribution in [3.63, 3.8) is 0 Å². The zero-order valence-corrected chi connectivity index (χ0v) is 12.3. The highest BCUT2D eigenvalue weighted by Gasteiger charge is 2.22. The molecule has 0 fully saturated rings. The Morgan fingerprint density at radius 3 is 3.00 bits per heavy atom. The number of nitrogens with zero attached hydrogens (tertiary/aromatic N) is 1. The standard InChI is InChI=1S/C17H24N2O/c1-20-13-14-7-10-19(11-8-14)12-17-16-5-3-2-4-15(16)6-9-18-17/h2-5,7,17-18H,6,8-13H2,1H3. The highest BCUT2D eigenvalue weighted by Crippen LogP contribution is 2.24. The summed E-state index contributed by atoms with van der Waals surface area (Å²) in [6.07, 6.45) is 4.63. The Hall–Kier alpha value is -1.16. The quantitative estimate of drug-likeness (QED) is 0.850. The summed E-state index contributed by atoms with van der Waals surface area (Å²) in [6.45, 7) is 5.20. The number of hydrogen-bond acceptors (Lipinski definition) is 3. The van der Waals surface area contributed by atoms with Crippen molar-refractivity contribution in [3.05, 3.63) is 47.0 Å². The number of ether oxygens (including phenoxy) is 1. The van der Waals surface area contributed by atoms with E-state index in [-0.39, 0.29) is 0 Å². The van der Waals surface area contributed by atoms with Crippen LogP contribution in [0.1, 0.15) is 23.6 Å². The monoisotopic (exact) mass is 272 g/mol. The van der Waals surface area contributed by atoms with Crippen molar-refractivity contribution in [2.24, 2.45) is 0 Å². The van der Waals surface area contributed by atoms with Crippen LogP contribution in [-0.2, 0) is 11.2 Å². The first-order valence-electron chi connectivity index (χ1n) is 7.57. The van der Waals surface area contributed by atoms with Crippen molar-refractivity contribution >= 4 is 0 Å². The van der Waals surface area contributed by atoms with Crippen LogP contribution in [0.3, 0.4) is 0 Å². The lowest BCUT2D eigenvalue weighted by Crippen LogP contribution is -2.40.